The van der Waals surface area contributed by atoms with E-state index in [-0.39, 0.29) is 0 Å². The quantitative estimate of drug-likeness (QED) is 0.518. The van der Waals surface area contributed by atoms with E-state index < -0.39 is 0 Å². The minimum Gasteiger partial charge on any atom is -0.396 e. The smallest absolute Gasteiger partial charge is 0.0464 e. The summed E-state index contributed by atoms with van der Waals surface area (Å²) in [5, 5.41) is 8.55. The highest BCUT2D eigenvalue weighted by Crippen LogP contribution is 2.44. The van der Waals surface area contributed by atoms with Gasteiger partial charge in [-0.15, -0.1) is 0 Å². The van der Waals surface area contributed by atoms with Gasteiger partial charge in [0, 0.05) is 6.61 Å². The normalized spacial score (nSPS) is 49.3. The molecule has 0 radical (unpaired) electrons. The lowest BCUT2D eigenvalue weighted by atomic mass is 10.4. The molecule has 1 nitrogen and oxygen atoms in total. The second-order valence-electron chi connectivity index (χ2n) is 2.56. The van der Waals surface area contributed by atoms with E-state index in [1.165, 1.54) is 0 Å². The molecule has 42 valence electrons. The Morgan fingerprint density at radius 2 is 1.71 bits per heavy atom. The molecule has 1 N–H and O–H groups in total. The zero-order valence-electron chi connectivity index (χ0n) is 4.89. The fraction of sp³-hybridized carbons (Fsp3) is 1.00. The Morgan fingerprint density at radius 3 is 1.71 bits per heavy atom. The highest BCUT2D eigenvalue weighted by atomic mass is 16.3. The molecule has 0 heterocycles. The lowest BCUT2D eigenvalue weighted by molar-refractivity contribution is 0.266. The first-order chi connectivity index (χ1) is 3.27. The predicted molar refractivity (Wildman–Crippen MR) is 28.9 cm³/mol. The molecule has 1 aliphatic rings. The van der Waals surface area contributed by atoms with Crippen LogP contribution in [0.4, 0.5) is 0 Å². The second kappa shape index (κ2) is 1.48. The Bertz CT molecular complexity index is 62.6. The Labute approximate surface area is 44.4 Å². The summed E-state index contributed by atoms with van der Waals surface area (Å²) in [5.74, 6) is 2.19. The summed E-state index contributed by atoms with van der Waals surface area (Å²) in [5.41, 5.74) is 0. The third-order valence-electron chi connectivity index (χ3n) is 2.25. The van der Waals surface area contributed by atoms with Crippen LogP contribution in [0.3, 0.4) is 0 Å². The highest BCUT2D eigenvalue weighted by molar-refractivity contribution is 4.89. The Balaban J connectivity index is 2.24. The van der Waals surface area contributed by atoms with Crippen LogP contribution in [0.5, 0.6) is 0 Å². The van der Waals surface area contributed by atoms with E-state index in [1.807, 2.05) is 0 Å². The molecule has 2 unspecified atom stereocenters. The van der Waals surface area contributed by atoms with Crippen molar-refractivity contribution >= 4 is 0 Å². The number of aliphatic hydroxyl groups excluding tert-OH is 1. The van der Waals surface area contributed by atoms with Gasteiger partial charge in [-0.3, -0.25) is 0 Å². The van der Waals surface area contributed by atoms with Crippen LogP contribution in [0.1, 0.15) is 13.8 Å². The Kier molecular flexibility index (Phi) is 1.08. The molecular weight excluding hydrogens is 88.1 g/mol. The average Bonchev–Trinajstić information content (AvgIpc) is 2.17. The van der Waals surface area contributed by atoms with Crippen molar-refractivity contribution in [3.8, 4) is 0 Å². The van der Waals surface area contributed by atoms with E-state index in [4.69, 9.17) is 5.11 Å². The molecule has 1 heteroatoms. The molecule has 0 aliphatic heterocycles. The molecule has 0 aromatic rings. The average molecular weight is 100 g/mol. The third-order valence-corrected chi connectivity index (χ3v) is 2.25. The van der Waals surface area contributed by atoms with Crippen LogP contribution in [-0.2, 0) is 0 Å². The third kappa shape index (κ3) is 0.653. The summed E-state index contributed by atoms with van der Waals surface area (Å²) >= 11 is 0. The molecule has 1 saturated carbocycles. The topological polar surface area (TPSA) is 20.2 Å². The first-order valence-corrected chi connectivity index (χ1v) is 2.88. The van der Waals surface area contributed by atoms with E-state index in [9.17, 15) is 0 Å². The van der Waals surface area contributed by atoms with Crippen LogP contribution in [0, 0.1) is 17.8 Å². The molecule has 1 aliphatic carbocycles. The standard InChI is InChI=1S/C6H12O/c1-4-5(2)6(4)3-7/h4-7H,3H2,1-2H3. The van der Waals surface area contributed by atoms with E-state index in [2.05, 4.69) is 13.8 Å². The minimum atomic E-state index is 0.391. The van der Waals surface area contributed by atoms with Crippen molar-refractivity contribution in [2.45, 2.75) is 13.8 Å². The largest absolute Gasteiger partial charge is 0.396 e. The van der Waals surface area contributed by atoms with Gasteiger partial charge in [-0.25, -0.2) is 0 Å². The SMILES string of the molecule is CC1C(C)C1CO. The molecular formula is C6H12O. The maximum absolute atomic E-state index is 8.55. The van der Waals surface area contributed by atoms with Gasteiger partial charge in [0.1, 0.15) is 0 Å². The van der Waals surface area contributed by atoms with Gasteiger partial charge in [-0.1, -0.05) is 13.8 Å². The maximum atomic E-state index is 8.55. The van der Waals surface area contributed by atoms with E-state index in [0.717, 1.165) is 11.8 Å². The number of aliphatic hydroxyl groups is 1. The van der Waals surface area contributed by atoms with Crippen molar-refractivity contribution in [3.05, 3.63) is 0 Å². The minimum absolute atomic E-state index is 0.391. The monoisotopic (exact) mass is 100 g/mol. The Hall–Kier alpha value is -0.0400. The lowest BCUT2D eigenvalue weighted by Crippen LogP contribution is -1.85. The summed E-state index contributed by atoms with van der Waals surface area (Å²) in [6.07, 6.45) is 0. The number of hydrogen-bond acceptors (Lipinski definition) is 1. The summed E-state index contributed by atoms with van der Waals surface area (Å²) in [7, 11) is 0. The van der Waals surface area contributed by atoms with E-state index in [1.54, 1.807) is 0 Å². The van der Waals surface area contributed by atoms with Crippen LogP contribution in [0.25, 0.3) is 0 Å². The van der Waals surface area contributed by atoms with Gasteiger partial charge < -0.3 is 5.11 Å². The molecule has 1 rings (SSSR count). The molecule has 0 spiro atoms. The summed E-state index contributed by atoms with van der Waals surface area (Å²) in [4.78, 5) is 0. The fourth-order valence-electron chi connectivity index (χ4n) is 1.10. The first kappa shape index (κ1) is 5.10. The van der Waals surface area contributed by atoms with E-state index in [0.29, 0.717) is 12.5 Å². The van der Waals surface area contributed by atoms with E-state index >= 15 is 0 Å². The second-order valence-corrected chi connectivity index (χ2v) is 2.56. The Morgan fingerprint density at radius 1 is 1.29 bits per heavy atom. The van der Waals surface area contributed by atoms with Crippen LogP contribution < -0.4 is 0 Å². The van der Waals surface area contributed by atoms with Gasteiger partial charge in [0.25, 0.3) is 0 Å². The van der Waals surface area contributed by atoms with Gasteiger partial charge in [0.2, 0.25) is 0 Å². The molecule has 0 bridgehead atoms. The predicted octanol–water partition coefficient (Wildman–Crippen LogP) is 0.881. The molecule has 2 atom stereocenters. The fourth-order valence-corrected chi connectivity index (χ4v) is 1.10. The first-order valence-electron chi connectivity index (χ1n) is 2.88. The van der Waals surface area contributed by atoms with Crippen LogP contribution in [0.15, 0.2) is 0 Å². The molecule has 0 amide bonds. The van der Waals surface area contributed by atoms with Crippen LogP contribution in [-0.4, -0.2) is 11.7 Å². The van der Waals surface area contributed by atoms with Gasteiger partial charge in [0.15, 0.2) is 0 Å². The van der Waals surface area contributed by atoms with Gasteiger partial charge in [-0.2, -0.15) is 0 Å². The maximum Gasteiger partial charge on any atom is 0.0464 e. The van der Waals surface area contributed by atoms with Gasteiger partial charge in [0.05, 0.1) is 0 Å². The zero-order chi connectivity index (χ0) is 5.44. The van der Waals surface area contributed by atoms with Crippen LogP contribution in [0.2, 0.25) is 0 Å². The molecule has 1 fully saturated rings. The molecule has 7 heavy (non-hydrogen) atoms. The summed E-state index contributed by atoms with van der Waals surface area (Å²) < 4.78 is 0. The molecule has 0 aromatic carbocycles. The van der Waals surface area contributed by atoms with Crippen molar-refractivity contribution in [2.75, 3.05) is 6.61 Å². The van der Waals surface area contributed by atoms with Crippen molar-refractivity contribution in [3.63, 3.8) is 0 Å². The van der Waals surface area contributed by atoms with Crippen molar-refractivity contribution in [1.29, 1.82) is 0 Å². The van der Waals surface area contributed by atoms with Crippen molar-refractivity contribution < 1.29 is 5.11 Å². The van der Waals surface area contributed by atoms with Gasteiger partial charge >= 0.3 is 0 Å². The van der Waals surface area contributed by atoms with Crippen LogP contribution >= 0.6 is 0 Å². The van der Waals surface area contributed by atoms with Crippen molar-refractivity contribution in [1.82, 2.24) is 0 Å². The molecule has 0 aromatic heterocycles. The number of hydrogen-bond donors (Lipinski definition) is 1. The summed E-state index contributed by atoms with van der Waals surface area (Å²) in [6, 6.07) is 0. The summed E-state index contributed by atoms with van der Waals surface area (Å²) in [6.45, 7) is 4.76. The van der Waals surface area contributed by atoms with Crippen molar-refractivity contribution in [2.24, 2.45) is 17.8 Å². The molecule has 0 saturated heterocycles. The van der Waals surface area contributed by atoms with Gasteiger partial charge in [-0.05, 0) is 17.8 Å². The lowest BCUT2D eigenvalue weighted by Gasteiger charge is -1.80. The number of rotatable bonds is 1. The zero-order valence-corrected chi connectivity index (χ0v) is 4.89. The highest BCUT2D eigenvalue weighted by Gasteiger charge is 2.41.